The standard InChI is InChI=1S/C18H29N/c1-12-8-14(3)16(9-13(12)2)17-10-18(4,5)7-6-15(17)11-19/h8-9,15,17H,6-7,10-11,19H2,1-5H3. The Kier molecular flexibility index (Phi) is 4.06. The third kappa shape index (κ3) is 3.02. The van der Waals surface area contributed by atoms with E-state index in [4.69, 9.17) is 5.73 Å². The zero-order valence-electron chi connectivity index (χ0n) is 13.2. The highest BCUT2D eigenvalue weighted by molar-refractivity contribution is 5.39. The van der Waals surface area contributed by atoms with Crippen LogP contribution in [0.1, 0.15) is 61.3 Å². The van der Waals surface area contributed by atoms with Crippen molar-refractivity contribution in [1.29, 1.82) is 0 Å². The molecule has 1 saturated carbocycles. The van der Waals surface area contributed by atoms with Gasteiger partial charge in [-0.3, -0.25) is 0 Å². The fourth-order valence-corrected chi connectivity index (χ4v) is 3.67. The van der Waals surface area contributed by atoms with Crippen LogP contribution in [0, 0.1) is 32.1 Å². The van der Waals surface area contributed by atoms with E-state index in [0.29, 0.717) is 17.3 Å². The van der Waals surface area contributed by atoms with Gasteiger partial charge in [0, 0.05) is 0 Å². The molecule has 0 saturated heterocycles. The molecule has 0 aromatic heterocycles. The normalized spacial score (nSPS) is 26.4. The van der Waals surface area contributed by atoms with Crippen molar-refractivity contribution in [3.8, 4) is 0 Å². The minimum absolute atomic E-state index is 0.460. The van der Waals surface area contributed by atoms with Gasteiger partial charge in [-0.05, 0) is 86.1 Å². The molecule has 0 heterocycles. The van der Waals surface area contributed by atoms with Gasteiger partial charge >= 0.3 is 0 Å². The second-order valence-corrected chi connectivity index (χ2v) is 7.30. The Balaban J connectivity index is 2.39. The van der Waals surface area contributed by atoms with Crippen LogP contribution in [0.3, 0.4) is 0 Å². The fraction of sp³-hybridized carbons (Fsp3) is 0.667. The van der Waals surface area contributed by atoms with E-state index in [1.165, 1.54) is 36.0 Å². The summed E-state index contributed by atoms with van der Waals surface area (Å²) in [7, 11) is 0. The molecule has 0 amide bonds. The molecule has 2 N–H and O–H groups in total. The molecule has 2 unspecified atom stereocenters. The van der Waals surface area contributed by atoms with E-state index in [0.717, 1.165) is 6.54 Å². The Morgan fingerprint density at radius 3 is 2.37 bits per heavy atom. The largest absolute Gasteiger partial charge is 0.330 e. The van der Waals surface area contributed by atoms with E-state index in [2.05, 4.69) is 46.8 Å². The van der Waals surface area contributed by atoms with Crippen LogP contribution in [-0.2, 0) is 0 Å². The van der Waals surface area contributed by atoms with Crippen LogP contribution >= 0.6 is 0 Å². The topological polar surface area (TPSA) is 26.0 Å². The lowest BCUT2D eigenvalue weighted by Crippen LogP contribution is -2.33. The van der Waals surface area contributed by atoms with Crippen molar-refractivity contribution in [3.05, 3.63) is 34.4 Å². The molecular weight excluding hydrogens is 230 g/mol. The van der Waals surface area contributed by atoms with Gasteiger partial charge in [0.1, 0.15) is 0 Å². The van der Waals surface area contributed by atoms with Crippen LogP contribution in [0.2, 0.25) is 0 Å². The second-order valence-electron chi connectivity index (χ2n) is 7.30. The van der Waals surface area contributed by atoms with Crippen LogP contribution in [0.5, 0.6) is 0 Å². The molecule has 19 heavy (non-hydrogen) atoms. The maximum atomic E-state index is 6.04. The average Bonchev–Trinajstić information content (AvgIpc) is 2.33. The third-order valence-electron chi connectivity index (χ3n) is 5.12. The Hall–Kier alpha value is -0.820. The van der Waals surface area contributed by atoms with Crippen LogP contribution in [0.4, 0.5) is 0 Å². The minimum Gasteiger partial charge on any atom is -0.330 e. The number of nitrogens with two attached hydrogens (primary N) is 1. The van der Waals surface area contributed by atoms with Crippen molar-refractivity contribution in [3.63, 3.8) is 0 Å². The highest BCUT2D eigenvalue weighted by Crippen LogP contribution is 2.47. The summed E-state index contributed by atoms with van der Waals surface area (Å²) in [5.41, 5.74) is 12.3. The van der Waals surface area contributed by atoms with Crippen LogP contribution < -0.4 is 5.73 Å². The van der Waals surface area contributed by atoms with E-state index in [9.17, 15) is 0 Å². The van der Waals surface area contributed by atoms with Crippen molar-refractivity contribution in [2.75, 3.05) is 6.54 Å². The van der Waals surface area contributed by atoms with Gasteiger partial charge in [0.15, 0.2) is 0 Å². The van der Waals surface area contributed by atoms with Gasteiger partial charge in [-0.2, -0.15) is 0 Å². The highest BCUT2D eigenvalue weighted by Gasteiger charge is 2.35. The van der Waals surface area contributed by atoms with Crippen molar-refractivity contribution in [2.24, 2.45) is 17.1 Å². The Bertz CT molecular complexity index is 459. The SMILES string of the molecule is Cc1cc(C)c(C2CC(C)(C)CCC2CN)cc1C. The van der Waals surface area contributed by atoms with Gasteiger partial charge < -0.3 is 5.73 Å². The summed E-state index contributed by atoms with van der Waals surface area (Å²) in [6, 6.07) is 4.76. The molecule has 1 aliphatic carbocycles. The van der Waals surface area contributed by atoms with E-state index in [-0.39, 0.29) is 0 Å². The Morgan fingerprint density at radius 2 is 1.74 bits per heavy atom. The summed E-state index contributed by atoms with van der Waals surface area (Å²) in [6.45, 7) is 12.3. The average molecular weight is 259 g/mol. The Labute approximate surface area is 118 Å². The van der Waals surface area contributed by atoms with Gasteiger partial charge in [0.05, 0.1) is 0 Å². The van der Waals surface area contributed by atoms with Gasteiger partial charge in [0.2, 0.25) is 0 Å². The van der Waals surface area contributed by atoms with E-state index in [1.807, 2.05) is 0 Å². The maximum Gasteiger partial charge on any atom is -0.00430 e. The summed E-state index contributed by atoms with van der Waals surface area (Å²) in [4.78, 5) is 0. The smallest absolute Gasteiger partial charge is 0.00430 e. The fourth-order valence-electron chi connectivity index (χ4n) is 3.67. The summed E-state index contributed by atoms with van der Waals surface area (Å²) in [6.07, 6.45) is 3.87. The molecular formula is C18H29N. The second kappa shape index (κ2) is 5.28. The van der Waals surface area contributed by atoms with E-state index in [1.54, 1.807) is 5.56 Å². The van der Waals surface area contributed by atoms with Crippen molar-refractivity contribution >= 4 is 0 Å². The first-order valence-electron chi connectivity index (χ1n) is 7.62. The zero-order valence-corrected chi connectivity index (χ0v) is 13.2. The molecule has 0 aliphatic heterocycles. The summed E-state index contributed by atoms with van der Waals surface area (Å²) in [5.74, 6) is 1.31. The molecule has 1 heteroatoms. The predicted octanol–water partition coefficient (Wildman–Crippen LogP) is 4.48. The predicted molar refractivity (Wildman–Crippen MR) is 83.6 cm³/mol. The summed E-state index contributed by atoms with van der Waals surface area (Å²) < 4.78 is 0. The lowest BCUT2D eigenvalue weighted by atomic mass is 9.64. The highest BCUT2D eigenvalue weighted by atomic mass is 14.6. The molecule has 2 rings (SSSR count). The number of benzene rings is 1. The van der Waals surface area contributed by atoms with Crippen molar-refractivity contribution in [1.82, 2.24) is 0 Å². The van der Waals surface area contributed by atoms with Crippen molar-refractivity contribution in [2.45, 2.75) is 59.8 Å². The molecule has 1 aromatic carbocycles. The molecule has 1 nitrogen and oxygen atoms in total. The summed E-state index contributed by atoms with van der Waals surface area (Å²) >= 11 is 0. The first kappa shape index (κ1) is 14.6. The van der Waals surface area contributed by atoms with Crippen LogP contribution in [-0.4, -0.2) is 6.54 Å². The number of hydrogen-bond donors (Lipinski definition) is 1. The van der Waals surface area contributed by atoms with Gasteiger partial charge in [-0.1, -0.05) is 26.0 Å². The monoisotopic (exact) mass is 259 g/mol. The van der Waals surface area contributed by atoms with E-state index < -0.39 is 0 Å². The molecule has 1 fully saturated rings. The van der Waals surface area contributed by atoms with Crippen molar-refractivity contribution < 1.29 is 0 Å². The lowest BCUT2D eigenvalue weighted by molar-refractivity contribution is 0.165. The first-order valence-corrected chi connectivity index (χ1v) is 7.62. The Morgan fingerprint density at radius 1 is 1.11 bits per heavy atom. The minimum atomic E-state index is 0.460. The molecule has 1 aliphatic rings. The molecule has 2 atom stereocenters. The van der Waals surface area contributed by atoms with Gasteiger partial charge in [0.25, 0.3) is 0 Å². The maximum absolute atomic E-state index is 6.04. The number of hydrogen-bond acceptors (Lipinski definition) is 1. The number of rotatable bonds is 2. The molecule has 0 radical (unpaired) electrons. The van der Waals surface area contributed by atoms with Crippen LogP contribution in [0.15, 0.2) is 12.1 Å². The third-order valence-corrected chi connectivity index (χ3v) is 5.12. The summed E-state index contributed by atoms with van der Waals surface area (Å²) in [5, 5.41) is 0. The quantitative estimate of drug-likeness (QED) is 0.832. The molecule has 106 valence electrons. The molecule has 0 spiro atoms. The molecule has 0 bridgehead atoms. The molecule has 1 aromatic rings. The van der Waals surface area contributed by atoms with Gasteiger partial charge in [-0.15, -0.1) is 0 Å². The van der Waals surface area contributed by atoms with Crippen LogP contribution in [0.25, 0.3) is 0 Å². The first-order chi connectivity index (χ1) is 8.84. The lowest BCUT2D eigenvalue weighted by Gasteiger charge is -2.41. The van der Waals surface area contributed by atoms with Gasteiger partial charge in [-0.25, -0.2) is 0 Å². The number of aryl methyl sites for hydroxylation is 3. The van der Waals surface area contributed by atoms with E-state index >= 15 is 0 Å². The zero-order chi connectivity index (χ0) is 14.2.